The lowest BCUT2D eigenvalue weighted by Crippen LogP contribution is -2.29. The summed E-state index contributed by atoms with van der Waals surface area (Å²) in [6.07, 6.45) is 45.8. The average Bonchev–Trinajstić information content (AvgIpc) is 3.15. The summed E-state index contributed by atoms with van der Waals surface area (Å²) >= 11 is 0. The average molecular weight is 767 g/mol. The van der Waals surface area contributed by atoms with Gasteiger partial charge in [-0.25, -0.2) is 4.57 Å². The molecule has 0 fully saturated rings. The minimum atomic E-state index is -4.53. The van der Waals surface area contributed by atoms with E-state index < -0.39 is 45.8 Å². The van der Waals surface area contributed by atoms with Gasteiger partial charge in [0.2, 0.25) is 0 Å². The fourth-order valence-corrected chi connectivity index (χ4v) is 5.81. The van der Waals surface area contributed by atoms with Gasteiger partial charge < -0.3 is 24.6 Å². The first-order valence-electron chi connectivity index (χ1n) is 20.4. The van der Waals surface area contributed by atoms with E-state index in [0.29, 0.717) is 13.0 Å². The Balaban J connectivity index is 4.32. The van der Waals surface area contributed by atoms with E-state index in [4.69, 9.17) is 23.6 Å². The molecule has 0 aromatic carbocycles. The molecule has 3 N–H and O–H groups in total. The molecule has 0 heterocycles. The van der Waals surface area contributed by atoms with Crippen LogP contribution in [-0.2, 0) is 27.9 Å². The number of aliphatic hydroxyl groups is 2. The minimum Gasteiger partial charge on any atom is -0.457 e. The number of carbonyl (C=O) groups excluding carboxylic acids is 1. The van der Waals surface area contributed by atoms with Crippen molar-refractivity contribution < 1.29 is 43.0 Å². The maximum absolute atomic E-state index is 12.6. The van der Waals surface area contributed by atoms with Crippen LogP contribution >= 0.6 is 7.82 Å². The van der Waals surface area contributed by atoms with Crippen molar-refractivity contribution in [3.63, 3.8) is 0 Å². The molecule has 0 aromatic rings. The van der Waals surface area contributed by atoms with E-state index in [2.05, 4.69) is 86.8 Å². The van der Waals surface area contributed by atoms with E-state index in [0.717, 1.165) is 83.5 Å². The Morgan fingerprint density at radius 3 is 1.64 bits per heavy atom. The summed E-state index contributed by atoms with van der Waals surface area (Å²) in [7, 11) is -4.53. The minimum absolute atomic E-state index is 0.0128. The number of rotatable bonds is 38. The predicted octanol–water partition coefficient (Wildman–Crippen LogP) is 11.0. The van der Waals surface area contributed by atoms with Crippen molar-refractivity contribution in [2.24, 2.45) is 0 Å². The molecule has 0 radical (unpaired) electrons. The molecule has 3 atom stereocenters. The van der Waals surface area contributed by atoms with Crippen LogP contribution in [0.1, 0.15) is 149 Å². The fourth-order valence-electron chi connectivity index (χ4n) is 5.02. The van der Waals surface area contributed by atoms with Gasteiger partial charge in [-0.2, -0.15) is 0 Å². The summed E-state index contributed by atoms with van der Waals surface area (Å²) in [6, 6.07) is 0. The number of hydrogen-bond donors (Lipinski definition) is 3. The molecule has 0 rings (SSSR count). The molecule has 0 aromatic heterocycles. The summed E-state index contributed by atoms with van der Waals surface area (Å²) in [6.45, 7) is 3.24. The molecule has 0 aliphatic rings. The maximum atomic E-state index is 12.6. The van der Waals surface area contributed by atoms with Gasteiger partial charge in [0.15, 0.2) is 0 Å². The van der Waals surface area contributed by atoms with Gasteiger partial charge in [-0.05, 0) is 83.5 Å². The van der Waals surface area contributed by atoms with Crippen LogP contribution in [0.5, 0.6) is 0 Å². The molecule has 0 bridgehead atoms. The number of carbonyl (C=O) groups is 1. The van der Waals surface area contributed by atoms with Gasteiger partial charge in [0.25, 0.3) is 0 Å². The smallest absolute Gasteiger partial charge is 0.457 e. The lowest BCUT2D eigenvalue weighted by atomic mass is 10.1. The molecule has 0 saturated heterocycles. The third kappa shape index (κ3) is 39.4. The van der Waals surface area contributed by atoms with E-state index in [9.17, 15) is 19.4 Å². The summed E-state index contributed by atoms with van der Waals surface area (Å²) in [4.78, 5) is 22.5. The third-order valence-electron chi connectivity index (χ3n) is 8.13. The third-order valence-corrected chi connectivity index (χ3v) is 9.08. The second-order valence-corrected chi connectivity index (χ2v) is 14.7. The molecule has 0 amide bonds. The van der Waals surface area contributed by atoms with Crippen molar-refractivity contribution in [3.8, 4) is 0 Å². The topological polar surface area (TPSA) is 132 Å². The maximum Gasteiger partial charge on any atom is 0.472 e. The highest BCUT2D eigenvalue weighted by Crippen LogP contribution is 2.43. The first-order chi connectivity index (χ1) is 25.8. The fraction of sp³-hybridized carbons (Fsp3) is 0.698. The summed E-state index contributed by atoms with van der Waals surface area (Å²) in [5.74, 6) is -0.410. The quantitative estimate of drug-likeness (QED) is 0.0243. The van der Waals surface area contributed by atoms with Crippen molar-refractivity contribution in [2.45, 2.75) is 161 Å². The van der Waals surface area contributed by atoms with E-state index in [1.54, 1.807) is 0 Å². The lowest BCUT2D eigenvalue weighted by Gasteiger charge is -2.20. The zero-order chi connectivity index (χ0) is 38.9. The van der Waals surface area contributed by atoms with Gasteiger partial charge in [0.1, 0.15) is 12.2 Å². The van der Waals surface area contributed by atoms with Crippen LogP contribution in [0.4, 0.5) is 0 Å². The SMILES string of the molecule is CC/C=C\C/C=C\C/C=C\C/C=C\C/C=C\CCCCOCC(COP(=O)(O)OCC(O)CO)OC(=O)CCCCCCC/C=C\CCCCCCC. The van der Waals surface area contributed by atoms with Gasteiger partial charge in [-0.15, -0.1) is 0 Å². The largest absolute Gasteiger partial charge is 0.472 e. The standard InChI is InChI=1S/C43H75O9P/c1-3-5-7-9-11-13-15-17-19-20-21-22-24-26-28-30-32-34-36-49-39-42(40-51-53(47,48)50-38-41(45)37-44)52-43(46)35-33-31-29-27-25-23-18-16-14-12-10-8-6-4-2/h5,7,11,13,16-19,21-22,26,28,41-42,44-45H,3-4,6,8-10,12,14-15,20,23-25,27,29-40H2,1-2H3,(H,47,48)/b7-5-,13-11-,18-16-,19-17-,22-21-,28-26-. The van der Waals surface area contributed by atoms with Crippen molar-refractivity contribution in [1.29, 1.82) is 0 Å². The van der Waals surface area contributed by atoms with Gasteiger partial charge in [0, 0.05) is 13.0 Å². The summed E-state index contributed by atoms with van der Waals surface area (Å²) in [5, 5.41) is 18.3. The highest BCUT2D eigenvalue weighted by Gasteiger charge is 2.26. The lowest BCUT2D eigenvalue weighted by molar-refractivity contribution is -0.154. The Kier molecular flexibility index (Phi) is 38.0. The summed E-state index contributed by atoms with van der Waals surface area (Å²) in [5.41, 5.74) is 0. The van der Waals surface area contributed by atoms with Crippen molar-refractivity contribution in [1.82, 2.24) is 0 Å². The van der Waals surface area contributed by atoms with Crippen LogP contribution in [0.15, 0.2) is 72.9 Å². The van der Waals surface area contributed by atoms with Gasteiger partial charge >= 0.3 is 13.8 Å². The molecule has 0 spiro atoms. The van der Waals surface area contributed by atoms with Crippen LogP contribution in [0.25, 0.3) is 0 Å². The Morgan fingerprint density at radius 2 is 1.08 bits per heavy atom. The zero-order valence-electron chi connectivity index (χ0n) is 33.2. The van der Waals surface area contributed by atoms with Crippen LogP contribution in [0.2, 0.25) is 0 Å². The van der Waals surface area contributed by atoms with Crippen molar-refractivity contribution >= 4 is 13.8 Å². The Hall–Kier alpha value is -2.10. The first-order valence-corrected chi connectivity index (χ1v) is 21.9. The van der Waals surface area contributed by atoms with E-state index in [-0.39, 0.29) is 13.0 Å². The number of phosphoric ester groups is 1. The molecule has 0 aliphatic heterocycles. The van der Waals surface area contributed by atoms with E-state index >= 15 is 0 Å². The molecular weight excluding hydrogens is 691 g/mol. The Bertz CT molecular complexity index is 1050. The normalized spacial score (nSPS) is 14.9. The second-order valence-electron chi connectivity index (χ2n) is 13.3. The highest BCUT2D eigenvalue weighted by atomic mass is 31.2. The molecule has 53 heavy (non-hydrogen) atoms. The van der Waals surface area contributed by atoms with E-state index in [1.807, 2.05) is 0 Å². The number of ether oxygens (including phenoxy) is 2. The monoisotopic (exact) mass is 767 g/mol. The predicted molar refractivity (Wildman–Crippen MR) is 219 cm³/mol. The first kappa shape index (κ1) is 50.9. The number of phosphoric acid groups is 1. The second kappa shape index (κ2) is 39.6. The van der Waals surface area contributed by atoms with Crippen LogP contribution < -0.4 is 0 Å². The Morgan fingerprint density at radius 1 is 0.604 bits per heavy atom. The molecule has 10 heteroatoms. The number of hydrogen-bond acceptors (Lipinski definition) is 8. The number of unbranched alkanes of at least 4 members (excludes halogenated alkanes) is 12. The van der Waals surface area contributed by atoms with E-state index in [1.165, 1.54) is 38.5 Å². The Labute approximate surface area is 322 Å². The molecule has 9 nitrogen and oxygen atoms in total. The summed E-state index contributed by atoms with van der Waals surface area (Å²) < 4.78 is 33.2. The van der Waals surface area contributed by atoms with Crippen LogP contribution in [0, 0.1) is 0 Å². The zero-order valence-corrected chi connectivity index (χ0v) is 34.1. The van der Waals surface area contributed by atoms with Crippen molar-refractivity contribution in [2.75, 3.05) is 33.0 Å². The van der Waals surface area contributed by atoms with Crippen LogP contribution in [0.3, 0.4) is 0 Å². The van der Waals surface area contributed by atoms with Crippen molar-refractivity contribution in [3.05, 3.63) is 72.9 Å². The van der Waals surface area contributed by atoms with Gasteiger partial charge in [0.05, 0.1) is 26.4 Å². The van der Waals surface area contributed by atoms with Gasteiger partial charge in [-0.1, -0.05) is 132 Å². The van der Waals surface area contributed by atoms with Gasteiger partial charge in [-0.3, -0.25) is 13.8 Å². The number of esters is 1. The van der Waals surface area contributed by atoms with Crippen LogP contribution in [-0.4, -0.2) is 66.3 Å². The number of aliphatic hydroxyl groups excluding tert-OH is 2. The molecule has 306 valence electrons. The molecule has 0 aliphatic carbocycles. The number of allylic oxidation sites excluding steroid dienone is 12. The molecular formula is C43H75O9P. The highest BCUT2D eigenvalue weighted by molar-refractivity contribution is 7.47. The molecule has 0 saturated carbocycles. The molecule has 3 unspecified atom stereocenters.